The molecule has 1 N–H and O–H groups in total. The molecule has 0 amide bonds. The van der Waals surface area contributed by atoms with Crippen molar-refractivity contribution in [1.82, 2.24) is 20.2 Å². The molecule has 5 unspecified atom stereocenters. The number of hydrogen-bond donors (Lipinski definition) is 1. The maximum absolute atomic E-state index is 3.52. The second kappa shape index (κ2) is 10.5. The smallest absolute Gasteiger partial charge is 0.119 e. The van der Waals surface area contributed by atoms with Crippen LogP contribution in [-0.2, 0) is 5.41 Å². The molecule has 5 aliphatic rings. The summed E-state index contributed by atoms with van der Waals surface area (Å²) in [6.45, 7) is 0.848. The molecule has 240 valence electrons. The van der Waals surface area contributed by atoms with Crippen LogP contribution >= 0.6 is 0 Å². The van der Waals surface area contributed by atoms with Crippen molar-refractivity contribution in [3.05, 3.63) is 208 Å². The third kappa shape index (κ3) is 3.70. The van der Waals surface area contributed by atoms with Gasteiger partial charge >= 0.3 is 0 Å². The zero-order chi connectivity index (χ0) is 33.0. The number of hydrogen-bond acceptors (Lipinski definition) is 4. The van der Waals surface area contributed by atoms with Gasteiger partial charge in [0.15, 0.2) is 0 Å². The van der Waals surface area contributed by atoms with Crippen LogP contribution in [-0.4, -0.2) is 28.5 Å². The Morgan fingerprint density at radius 2 is 1.12 bits per heavy atom. The number of dihydropyridines is 1. The Bertz CT molecular complexity index is 2390. The van der Waals surface area contributed by atoms with E-state index in [0.717, 1.165) is 6.54 Å². The van der Waals surface area contributed by atoms with Crippen LogP contribution in [0.5, 0.6) is 0 Å². The Kier molecular flexibility index (Phi) is 5.94. The van der Waals surface area contributed by atoms with Crippen molar-refractivity contribution in [1.29, 1.82) is 0 Å². The van der Waals surface area contributed by atoms with Crippen molar-refractivity contribution in [3.63, 3.8) is 0 Å². The SMILES string of the molecule is CN1C(c2cccc(-c3ccccc3)c2)N2C(c3ccc4c(c3)C3(C5=C(CNC=C5)c5ccccc53)c3ccccc3-4)[N@]2C1c1ccccc1. The third-order valence-corrected chi connectivity index (χ3v) is 11.8. The first-order valence-corrected chi connectivity index (χ1v) is 17.7. The minimum absolute atomic E-state index is 0.0992. The van der Waals surface area contributed by atoms with Gasteiger partial charge in [-0.05, 0) is 97.7 Å². The van der Waals surface area contributed by atoms with Gasteiger partial charge in [0, 0.05) is 6.54 Å². The molecule has 4 heteroatoms. The molecule has 4 nitrogen and oxygen atoms in total. The molecule has 3 aliphatic heterocycles. The summed E-state index contributed by atoms with van der Waals surface area (Å²) in [5.41, 5.74) is 17.2. The molecule has 2 fully saturated rings. The highest BCUT2D eigenvalue weighted by molar-refractivity contribution is 5.96. The Balaban J connectivity index is 1.08. The number of hydrazine groups is 1. The van der Waals surface area contributed by atoms with Crippen molar-refractivity contribution in [2.45, 2.75) is 23.9 Å². The molecule has 3 heterocycles. The summed E-state index contributed by atoms with van der Waals surface area (Å²) < 4.78 is 0. The summed E-state index contributed by atoms with van der Waals surface area (Å²) in [6.07, 6.45) is 4.86. The van der Waals surface area contributed by atoms with Crippen molar-refractivity contribution in [2.75, 3.05) is 13.6 Å². The summed E-state index contributed by atoms with van der Waals surface area (Å²) in [5, 5.41) is 8.73. The van der Waals surface area contributed by atoms with Crippen molar-refractivity contribution in [3.8, 4) is 22.3 Å². The second-order valence-electron chi connectivity index (χ2n) is 14.2. The fourth-order valence-electron chi connectivity index (χ4n) is 9.79. The van der Waals surface area contributed by atoms with Gasteiger partial charge in [-0.15, -0.1) is 0 Å². The lowest BCUT2D eigenvalue weighted by molar-refractivity contribution is 0.144. The second-order valence-corrected chi connectivity index (χ2v) is 14.2. The van der Waals surface area contributed by atoms with E-state index in [0.29, 0.717) is 0 Å². The van der Waals surface area contributed by atoms with Crippen LogP contribution in [0, 0.1) is 0 Å². The normalized spacial score (nSPS) is 26.6. The number of nitrogens with zero attached hydrogens (tertiary/aromatic N) is 3. The van der Waals surface area contributed by atoms with E-state index in [9.17, 15) is 0 Å². The van der Waals surface area contributed by atoms with Gasteiger partial charge in [0.2, 0.25) is 0 Å². The van der Waals surface area contributed by atoms with E-state index in [4.69, 9.17) is 0 Å². The maximum atomic E-state index is 3.52. The fourth-order valence-corrected chi connectivity index (χ4v) is 9.79. The van der Waals surface area contributed by atoms with Gasteiger partial charge in [0.1, 0.15) is 18.5 Å². The van der Waals surface area contributed by atoms with E-state index in [1.807, 2.05) is 0 Å². The van der Waals surface area contributed by atoms with Crippen LogP contribution in [0.1, 0.15) is 57.4 Å². The summed E-state index contributed by atoms with van der Waals surface area (Å²) in [5.74, 6) is 0. The first-order chi connectivity index (χ1) is 24.7. The molecule has 2 aliphatic carbocycles. The lowest BCUT2D eigenvalue weighted by atomic mass is 9.69. The number of allylic oxidation sites excluding steroid dienone is 2. The lowest BCUT2D eigenvalue weighted by Gasteiger charge is -2.33. The zero-order valence-corrected chi connectivity index (χ0v) is 27.9. The number of nitrogens with one attached hydrogen (secondary N) is 1. The average Bonchev–Trinajstić information content (AvgIpc) is 3.55. The van der Waals surface area contributed by atoms with Gasteiger partial charge in [0.25, 0.3) is 0 Å². The highest BCUT2D eigenvalue weighted by atomic mass is 16.0. The van der Waals surface area contributed by atoms with Crippen LogP contribution in [0.4, 0.5) is 0 Å². The fraction of sp³-hybridized carbons (Fsp3) is 0.130. The van der Waals surface area contributed by atoms with Gasteiger partial charge in [0.05, 0.1) is 5.41 Å². The molecule has 0 aromatic heterocycles. The van der Waals surface area contributed by atoms with Gasteiger partial charge in [-0.1, -0.05) is 146 Å². The van der Waals surface area contributed by atoms with E-state index in [2.05, 4.69) is 191 Å². The molecule has 6 aromatic rings. The van der Waals surface area contributed by atoms with Gasteiger partial charge < -0.3 is 5.32 Å². The number of rotatable bonds is 4. The van der Waals surface area contributed by atoms with Crippen molar-refractivity contribution >= 4 is 5.57 Å². The van der Waals surface area contributed by atoms with E-state index < -0.39 is 0 Å². The van der Waals surface area contributed by atoms with Gasteiger partial charge in [-0.25, -0.2) is 0 Å². The first-order valence-electron chi connectivity index (χ1n) is 17.7. The van der Waals surface area contributed by atoms with Crippen LogP contribution in [0.3, 0.4) is 0 Å². The molecular weight excluding hydrogens is 609 g/mol. The number of fused-ring (bicyclic) bond motifs is 10. The van der Waals surface area contributed by atoms with Gasteiger partial charge in [-0.3, -0.25) is 4.90 Å². The summed E-state index contributed by atoms with van der Waals surface area (Å²) in [6, 6.07) is 56.5. The highest BCUT2D eigenvalue weighted by Crippen LogP contribution is 2.65. The Labute approximate surface area is 293 Å². The summed E-state index contributed by atoms with van der Waals surface area (Å²) in [4.78, 5) is 2.53. The third-order valence-electron chi connectivity index (χ3n) is 11.8. The molecule has 6 atom stereocenters. The van der Waals surface area contributed by atoms with Crippen LogP contribution < -0.4 is 5.32 Å². The van der Waals surface area contributed by atoms with E-state index in [1.165, 1.54) is 72.3 Å². The molecule has 11 rings (SSSR count). The lowest BCUT2D eigenvalue weighted by Crippen LogP contribution is -2.30. The van der Waals surface area contributed by atoms with Crippen molar-refractivity contribution in [2.24, 2.45) is 0 Å². The minimum Gasteiger partial charge on any atom is -0.387 e. The van der Waals surface area contributed by atoms with Gasteiger partial charge in [-0.2, -0.15) is 10.0 Å². The van der Waals surface area contributed by atoms with E-state index >= 15 is 0 Å². The standard InChI is InChI=1S/C46H36N4/c1-48-43(31-15-6-3-7-16-31)49-45(50(49)44(48)33-18-12-17-32(27-33)30-13-4-2-5-14-30)34-23-24-37-35-19-8-10-21-39(35)46(42(37)28-34)40-22-11-9-20-36(40)38-29-47-26-25-41(38)46/h2-28,43-45,47H,29H2,1H3/t43?,44?,45?,46?,49-,50?/m0/s1. The Morgan fingerprint density at radius 1 is 0.520 bits per heavy atom. The molecule has 0 radical (unpaired) electrons. The zero-order valence-electron chi connectivity index (χ0n) is 27.9. The van der Waals surface area contributed by atoms with Crippen molar-refractivity contribution < 1.29 is 0 Å². The van der Waals surface area contributed by atoms with Crippen LogP contribution in [0.25, 0.3) is 27.8 Å². The molecule has 0 bridgehead atoms. The maximum Gasteiger partial charge on any atom is 0.119 e. The molecule has 1 spiro atoms. The average molecular weight is 645 g/mol. The Hall–Kier alpha value is -5.52. The monoisotopic (exact) mass is 644 g/mol. The van der Waals surface area contributed by atoms with Crippen LogP contribution in [0.15, 0.2) is 170 Å². The highest BCUT2D eigenvalue weighted by Gasteiger charge is 2.63. The first kappa shape index (κ1) is 28.3. The van der Waals surface area contributed by atoms with E-state index in [-0.39, 0.29) is 23.9 Å². The van der Waals surface area contributed by atoms with E-state index in [1.54, 1.807) is 0 Å². The predicted molar refractivity (Wildman–Crippen MR) is 200 cm³/mol. The molecule has 2 saturated heterocycles. The molecular formula is C46H36N4. The summed E-state index contributed by atoms with van der Waals surface area (Å²) >= 11 is 0. The summed E-state index contributed by atoms with van der Waals surface area (Å²) in [7, 11) is 2.28. The number of benzene rings is 6. The van der Waals surface area contributed by atoms with Crippen LogP contribution in [0.2, 0.25) is 0 Å². The molecule has 50 heavy (non-hydrogen) atoms. The quantitative estimate of drug-likeness (QED) is 0.193. The molecule has 6 aromatic carbocycles. The topological polar surface area (TPSA) is 21.3 Å². The Morgan fingerprint density at radius 3 is 1.92 bits per heavy atom. The largest absolute Gasteiger partial charge is 0.387 e. The minimum atomic E-state index is -0.333. The predicted octanol–water partition coefficient (Wildman–Crippen LogP) is 9.43. The molecule has 0 saturated carbocycles.